The molecule has 1 aromatic carbocycles. The minimum Gasteiger partial charge on any atom is -0.337 e. The highest BCUT2D eigenvalue weighted by Gasteiger charge is 2.24. The molecule has 0 radical (unpaired) electrons. The van der Waals surface area contributed by atoms with E-state index >= 15 is 0 Å². The lowest BCUT2D eigenvalue weighted by atomic mass is 10.1. The van der Waals surface area contributed by atoms with Crippen LogP contribution >= 0.6 is 35.6 Å². The van der Waals surface area contributed by atoms with Gasteiger partial charge in [0.15, 0.2) is 0 Å². The Labute approximate surface area is 129 Å². The number of benzene rings is 1. The first-order valence-corrected chi connectivity index (χ1v) is 6.78. The van der Waals surface area contributed by atoms with Crippen LogP contribution in [0.2, 0.25) is 10.0 Å². The molecule has 106 valence electrons. The first-order valence-electron chi connectivity index (χ1n) is 6.03. The van der Waals surface area contributed by atoms with E-state index in [1.807, 2.05) is 7.05 Å². The van der Waals surface area contributed by atoms with Gasteiger partial charge in [0.1, 0.15) is 0 Å². The van der Waals surface area contributed by atoms with Crippen molar-refractivity contribution in [1.29, 1.82) is 0 Å². The largest absolute Gasteiger partial charge is 0.337 e. The molecule has 1 fully saturated rings. The second-order valence-electron chi connectivity index (χ2n) is 4.52. The number of carbonyl (C=O) groups excluding carboxylic acids is 1. The lowest BCUT2D eigenvalue weighted by Gasteiger charge is -2.32. The van der Waals surface area contributed by atoms with Crippen molar-refractivity contribution in [3.8, 4) is 0 Å². The van der Waals surface area contributed by atoms with Crippen LogP contribution in [0.4, 0.5) is 0 Å². The smallest absolute Gasteiger partial charge is 0.255 e. The summed E-state index contributed by atoms with van der Waals surface area (Å²) in [5.74, 6) is -0.0730. The normalized spacial score (nSPS) is 18.6. The number of hydrogen-bond donors (Lipinski definition) is 1. The quantitative estimate of drug-likeness (QED) is 0.906. The number of amides is 1. The third-order valence-corrected chi connectivity index (χ3v) is 4.14. The molecule has 0 bridgehead atoms. The monoisotopic (exact) mass is 322 g/mol. The van der Waals surface area contributed by atoms with E-state index in [0.717, 1.165) is 25.9 Å². The molecule has 0 aromatic heterocycles. The van der Waals surface area contributed by atoms with Crippen molar-refractivity contribution in [3.63, 3.8) is 0 Å². The van der Waals surface area contributed by atoms with E-state index in [-0.39, 0.29) is 24.4 Å². The molecule has 1 saturated heterocycles. The molecule has 2 rings (SSSR count). The minimum atomic E-state index is -0.0730. The molecule has 1 aliphatic rings. The SMILES string of the molecule is CN(C(=O)c1cccc(Cl)c1Cl)C1CCCNC1.Cl. The van der Waals surface area contributed by atoms with Crippen LogP contribution in [0.3, 0.4) is 0 Å². The van der Waals surface area contributed by atoms with Crippen molar-refractivity contribution in [2.45, 2.75) is 18.9 Å². The maximum absolute atomic E-state index is 12.4. The van der Waals surface area contributed by atoms with E-state index in [9.17, 15) is 4.79 Å². The van der Waals surface area contributed by atoms with Crippen LogP contribution in [0.5, 0.6) is 0 Å². The molecule has 1 atom stereocenters. The molecule has 3 nitrogen and oxygen atoms in total. The van der Waals surface area contributed by atoms with Crippen LogP contribution < -0.4 is 5.32 Å². The number of halogens is 3. The second kappa shape index (κ2) is 7.34. The molecule has 6 heteroatoms. The predicted molar refractivity (Wildman–Crippen MR) is 81.7 cm³/mol. The summed E-state index contributed by atoms with van der Waals surface area (Å²) in [6, 6.07) is 5.36. The molecule has 0 saturated carbocycles. The van der Waals surface area contributed by atoms with Crippen LogP contribution in [0.15, 0.2) is 18.2 Å². The van der Waals surface area contributed by atoms with Gasteiger partial charge in [-0.25, -0.2) is 0 Å². The zero-order valence-electron chi connectivity index (χ0n) is 10.7. The Morgan fingerprint density at radius 3 is 2.79 bits per heavy atom. The average Bonchev–Trinajstić information content (AvgIpc) is 2.41. The van der Waals surface area contributed by atoms with Gasteiger partial charge < -0.3 is 10.2 Å². The highest BCUT2D eigenvalue weighted by molar-refractivity contribution is 6.43. The maximum atomic E-state index is 12.4. The van der Waals surface area contributed by atoms with Gasteiger partial charge in [-0.1, -0.05) is 29.3 Å². The van der Waals surface area contributed by atoms with E-state index in [1.165, 1.54) is 0 Å². The molecule has 0 spiro atoms. The Kier molecular flexibility index (Phi) is 6.40. The van der Waals surface area contributed by atoms with Gasteiger partial charge in [-0.3, -0.25) is 4.79 Å². The summed E-state index contributed by atoms with van der Waals surface area (Å²) in [4.78, 5) is 14.1. The number of carbonyl (C=O) groups is 1. The topological polar surface area (TPSA) is 32.3 Å². The van der Waals surface area contributed by atoms with E-state index in [1.54, 1.807) is 23.1 Å². The molecule has 1 N–H and O–H groups in total. The van der Waals surface area contributed by atoms with Crippen molar-refractivity contribution in [1.82, 2.24) is 10.2 Å². The molecule has 1 amide bonds. The Bertz CT molecular complexity index is 448. The zero-order valence-corrected chi connectivity index (χ0v) is 13.0. The minimum absolute atomic E-state index is 0. The molecular weight excluding hydrogens is 307 g/mol. The molecule has 0 aliphatic carbocycles. The van der Waals surface area contributed by atoms with Crippen molar-refractivity contribution in [2.24, 2.45) is 0 Å². The summed E-state index contributed by atoms with van der Waals surface area (Å²) in [5, 5.41) is 4.04. The molecule has 1 heterocycles. The number of hydrogen-bond acceptors (Lipinski definition) is 2. The van der Waals surface area contributed by atoms with Gasteiger partial charge in [0.05, 0.1) is 15.6 Å². The Balaban J connectivity index is 0.00000180. The number of piperidine rings is 1. The Morgan fingerprint density at radius 2 is 2.16 bits per heavy atom. The number of nitrogens with one attached hydrogen (secondary N) is 1. The third kappa shape index (κ3) is 3.76. The number of likely N-dealkylation sites (N-methyl/N-ethyl adjacent to an activating group) is 1. The van der Waals surface area contributed by atoms with Crippen LogP contribution in [-0.2, 0) is 0 Å². The van der Waals surface area contributed by atoms with Crippen molar-refractivity contribution >= 4 is 41.5 Å². The molecule has 1 aromatic rings. The fourth-order valence-electron chi connectivity index (χ4n) is 2.19. The summed E-state index contributed by atoms with van der Waals surface area (Å²) >= 11 is 12.0. The molecule has 19 heavy (non-hydrogen) atoms. The molecule has 1 unspecified atom stereocenters. The van der Waals surface area contributed by atoms with Gasteiger partial charge in [-0.15, -0.1) is 12.4 Å². The first kappa shape index (κ1) is 16.6. The van der Waals surface area contributed by atoms with E-state index < -0.39 is 0 Å². The summed E-state index contributed by atoms with van der Waals surface area (Å²) in [6.45, 7) is 1.86. The van der Waals surface area contributed by atoms with E-state index in [2.05, 4.69) is 5.32 Å². The van der Waals surface area contributed by atoms with Crippen LogP contribution in [0.25, 0.3) is 0 Å². The van der Waals surface area contributed by atoms with Crippen molar-refractivity contribution in [3.05, 3.63) is 33.8 Å². The van der Waals surface area contributed by atoms with E-state index in [0.29, 0.717) is 15.6 Å². The highest BCUT2D eigenvalue weighted by Crippen LogP contribution is 2.27. The van der Waals surface area contributed by atoms with Crippen molar-refractivity contribution < 1.29 is 4.79 Å². The predicted octanol–water partition coefficient (Wildman–Crippen LogP) is 3.24. The lowest BCUT2D eigenvalue weighted by Crippen LogP contribution is -2.46. The highest BCUT2D eigenvalue weighted by atomic mass is 35.5. The number of rotatable bonds is 2. The first-order chi connectivity index (χ1) is 8.61. The van der Waals surface area contributed by atoms with Gasteiger partial charge in [0.2, 0.25) is 0 Å². The fraction of sp³-hybridized carbons (Fsp3) is 0.462. The summed E-state index contributed by atoms with van der Waals surface area (Å²) in [7, 11) is 1.82. The average molecular weight is 324 g/mol. The lowest BCUT2D eigenvalue weighted by molar-refractivity contribution is 0.0708. The summed E-state index contributed by atoms with van der Waals surface area (Å²) in [5.41, 5.74) is 0.470. The van der Waals surface area contributed by atoms with Gasteiger partial charge >= 0.3 is 0 Å². The Hall–Kier alpha value is -0.480. The third-order valence-electron chi connectivity index (χ3n) is 3.32. The van der Waals surface area contributed by atoms with Gasteiger partial charge in [-0.05, 0) is 31.5 Å². The Morgan fingerprint density at radius 1 is 1.42 bits per heavy atom. The van der Waals surface area contributed by atoms with Crippen LogP contribution in [-0.4, -0.2) is 37.0 Å². The van der Waals surface area contributed by atoms with Crippen LogP contribution in [0.1, 0.15) is 23.2 Å². The van der Waals surface area contributed by atoms with Crippen LogP contribution in [0, 0.1) is 0 Å². The van der Waals surface area contributed by atoms with Gasteiger partial charge in [0, 0.05) is 19.6 Å². The second-order valence-corrected chi connectivity index (χ2v) is 5.30. The summed E-state index contributed by atoms with van der Waals surface area (Å²) in [6.07, 6.45) is 2.11. The molecular formula is C13H17Cl3N2O. The summed E-state index contributed by atoms with van der Waals surface area (Å²) < 4.78 is 0. The van der Waals surface area contributed by atoms with Gasteiger partial charge in [-0.2, -0.15) is 0 Å². The fourth-order valence-corrected chi connectivity index (χ4v) is 2.57. The number of nitrogens with zero attached hydrogens (tertiary/aromatic N) is 1. The standard InChI is InChI=1S/C13H16Cl2N2O.ClH/c1-17(9-4-3-7-16-8-9)13(18)10-5-2-6-11(14)12(10)15;/h2,5-6,9,16H,3-4,7-8H2,1H3;1H. The van der Waals surface area contributed by atoms with Crippen molar-refractivity contribution in [2.75, 3.05) is 20.1 Å². The maximum Gasteiger partial charge on any atom is 0.255 e. The van der Waals surface area contributed by atoms with E-state index in [4.69, 9.17) is 23.2 Å². The van der Waals surface area contributed by atoms with Gasteiger partial charge in [0.25, 0.3) is 5.91 Å². The zero-order chi connectivity index (χ0) is 13.1. The molecule has 1 aliphatic heterocycles.